The number of H-pyrrole nitrogens is 1. The molecule has 2 aliphatic rings. The lowest BCUT2D eigenvalue weighted by atomic mass is 9.76. The van der Waals surface area contributed by atoms with Crippen molar-refractivity contribution in [2.45, 2.75) is 57.0 Å². The molecule has 3 N–H and O–H groups in total. The highest BCUT2D eigenvalue weighted by atomic mass is 16.5. The molecule has 1 aliphatic heterocycles. The van der Waals surface area contributed by atoms with Gasteiger partial charge in [0.05, 0.1) is 11.4 Å². The second-order valence-corrected chi connectivity index (χ2v) is 8.26. The minimum Gasteiger partial charge on any atom is -0.479 e. The third kappa shape index (κ3) is 3.69. The topological polar surface area (TPSA) is 103 Å². The number of carboxylic acid groups (broad SMARTS) is 1. The van der Waals surface area contributed by atoms with Gasteiger partial charge in [-0.1, -0.05) is 0 Å². The van der Waals surface area contributed by atoms with Crippen LogP contribution in [0.1, 0.15) is 55.0 Å². The number of nitrogens with zero attached hydrogens (tertiary/aromatic N) is 3. The molecule has 4 rings (SSSR count). The summed E-state index contributed by atoms with van der Waals surface area (Å²) in [5, 5.41) is 20.2. The fraction of sp³-hybridized carbons (Fsp3) is 0.571. The van der Waals surface area contributed by atoms with E-state index < -0.39 is 11.6 Å². The van der Waals surface area contributed by atoms with Crippen molar-refractivity contribution in [3.8, 4) is 0 Å². The molecule has 8 nitrogen and oxygen atoms in total. The van der Waals surface area contributed by atoms with Crippen molar-refractivity contribution in [2.75, 3.05) is 30.9 Å². The first-order valence-corrected chi connectivity index (χ1v) is 10.2. The van der Waals surface area contributed by atoms with Gasteiger partial charge >= 0.3 is 5.97 Å². The van der Waals surface area contributed by atoms with Gasteiger partial charge < -0.3 is 20.1 Å². The van der Waals surface area contributed by atoms with E-state index in [0.717, 1.165) is 55.3 Å². The van der Waals surface area contributed by atoms with Crippen LogP contribution in [0.4, 0.5) is 17.3 Å². The predicted octanol–water partition coefficient (Wildman–Crippen LogP) is 3.37. The second-order valence-electron chi connectivity index (χ2n) is 8.26. The maximum Gasteiger partial charge on any atom is 0.335 e. The SMILES string of the molecule is COC1(C(=O)O)CCC(c2nc(Nc3cc(C)[nH]n3)cc3c2N(C)CCC3)CC1. The smallest absolute Gasteiger partial charge is 0.335 e. The van der Waals surface area contributed by atoms with Crippen LogP contribution in [-0.2, 0) is 16.0 Å². The number of aromatic amines is 1. The lowest BCUT2D eigenvalue weighted by molar-refractivity contribution is -0.166. The normalized spacial score (nSPS) is 24.2. The minimum absolute atomic E-state index is 0.217. The van der Waals surface area contributed by atoms with Crippen molar-refractivity contribution in [3.63, 3.8) is 0 Å². The van der Waals surface area contributed by atoms with Crippen molar-refractivity contribution in [2.24, 2.45) is 0 Å². The monoisotopic (exact) mass is 399 g/mol. The van der Waals surface area contributed by atoms with Crippen LogP contribution >= 0.6 is 0 Å². The maximum absolute atomic E-state index is 11.7. The van der Waals surface area contributed by atoms with Gasteiger partial charge in [0, 0.05) is 38.4 Å². The summed E-state index contributed by atoms with van der Waals surface area (Å²) in [6.07, 6.45) is 4.63. The van der Waals surface area contributed by atoms with Gasteiger partial charge in [-0.2, -0.15) is 5.10 Å². The Kier molecular flexibility index (Phi) is 5.21. The Bertz CT molecular complexity index is 902. The zero-order valence-corrected chi connectivity index (χ0v) is 17.3. The standard InChI is InChI=1S/C21H29N5O3/c1-13-11-17(25-24-13)22-16-12-15-5-4-10-26(2)19(15)18(23-16)14-6-8-21(29-3,9-7-14)20(27)28/h11-12,14H,4-10H2,1-3H3,(H,27,28)(H2,22,23,24,25). The molecular weight excluding hydrogens is 370 g/mol. The Morgan fingerprint density at radius 2 is 2.10 bits per heavy atom. The highest BCUT2D eigenvalue weighted by Crippen LogP contribution is 2.44. The lowest BCUT2D eigenvalue weighted by Gasteiger charge is -2.38. The molecular formula is C21H29N5O3. The van der Waals surface area contributed by atoms with Gasteiger partial charge in [-0.15, -0.1) is 0 Å². The first kappa shape index (κ1) is 19.7. The first-order valence-electron chi connectivity index (χ1n) is 10.2. The molecule has 0 amide bonds. The van der Waals surface area contributed by atoms with Crippen LogP contribution in [0.25, 0.3) is 0 Å². The summed E-state index contributed by atoms with van der Waals surface area (Å²) in [5.41, 5.74) is 3.49. The molecule has 0 atom stereocenters. The molecule has 0 bridgehead atoms. The van der Waals surface area contributed by atoms with Crippen molar-refractivity contribution in [3.05, 3.63) is 29.1 Å². The van der Waals surface area contributed by atoms with E-state index in [1.165, 1.54) is 18.4 Å². The number of fused-ring (bicyclic) bond motifs is 1. The van der Waals surface area contributed by atoms with Crippen molar-refractivity contribution in [1.82, 2.24) is 15.2 Å². The number of carbonyl (C=O) groups is 1. The fourth-order valence-electron chi connectivity index (χ4n) is 4.69. The first-order chi connectivity index (χ1) is 13.9. The number of methoxy groups -OCH3 is 1. The Hall–Kier alpha value is -2.61. The van der Waals surface area contributed by atoms with Gasteiger partial charge in [0.15, 0.2) is 11.4 Å². The molecule has 0 unspecified atom stereocenters. The summed E-state index contributed by atoms with van der Waals surface area (Å²) in [4.78, 5) is 19.0. The zero-order chi connectivity index (χ0) is 20.6. The van der Waals surface area contributed by atoms with Gasteiger partial charge in [-0.05, 0) is 57.1 Å². The van der Waals surface area contributed by atoms with Gasteiger partial charge in [0.25, 0.3) is 0 Å². The molecule has 2 aromatic rings. The molecule has 0 spiro atoms. The molecule has 1 fully saturated rings. The Morgan fingerprint density at radius 1 is 1.34 bits per heavy atom. The summed E-state index contributed by atoms with van der Waals surface area (Å²) < 4.78 is 5.41. The van der Waals surface area contributed by atoms with E-state index in [1.54, 1.807) is 0 Å². The highest BCUT2D eigenvalue weighted by molar-refractivity contribution is 5.77. The quantitative estimate of drug-likeness (QED) is 0.708. The summed E-state index contributed by atoms with van der Waals surface area (Å²) in [6.45, 7) is 2.97. The van der Waals surface area contributed by atoms with Crippen LogP contribution in [-0.4, -0.2) is 52.6 Å². The second kappa shape index (κ2) is 7.67. The molecule has 1 saturated carbocycles. The molecule has 0 radical (unpaired) electrons. The van der Waals surface area contributed by atoms with E-state index in [0.29, 0.717) is 12.8 Å². The maximum atomic E-state index is 11.7. The van der Waals surface area contributed by atoms with E-state index >= 15 is 0 Å². The number of hydrogen-bond donors (Lipinski definition) is 3. The summed E-state index contributed by atoms with van der Waals surface area (Å²) >= 11 is 0. The van der Waals surface area contributed by atoms with Crippen LogP contribution in [0.5, 0.6) is 0 Å². The number of carboxylic acids is 1. The summed E-state index contributed by atoms with van der Waals surface area (Å²) in [7, 11) is 3.62. The molecule has 1 aliphatic carbocycles. The van der Waals surface area contributed by atoms with E-state index in [9.17, 15) is 9.90 Å². The Morgan fingerprint density at radius 3 is 2.72 bits per heavy atom. The average molecular weight is 399 g/mol. The van der Waals surface area contributed by atoms with Crippen molar-refractivity contribution in [1.29, 1.82) is 0 Å². The molecule has 3 heterocycles. The predicted molar refractivity (Wildman–Crippen MR) is 111 cm³/mol. The molecule has 2 aromatic heterocycles. The molecule has 156 valence electrons. The number of pyridine rings is 1. The number of anilines is 3. The summed E-state index contributed by atoms with van der Waals surface area (Å²) in [5.74, 6) is 0.893. The zero-order valence-electron chi connectivity index (χ0n) is 17.3. The molecule has 29 heavy (non-hydrogen) atoms. The van der Waals surface area contributed by atoms with Crippen LogP contribution in [0.3, 0.4) is 0 Å². The van der Waals surface area contributed by atoms with Crippen molar-refractivity contribution < 1.29 is 14.6 Å². The van der Waals surface area contributed by atoms with E-state index in [2.05, 4.69) is 33.5 Å². The van der Waals surface area contributed by atoms with Gasteiger partial charge in [-0.3, -0.25) is 5.10 Å². The number of aryl methyl sites for hydroxylation is 2. The Balaban J connectivity index is 1.66. The third-order valence-corrected chi connectivity index (χ3v) is 6.34. The van der Waals surface area contributed by atoms with E-state index in [-0.39, 0.29) is 5.92 Å². The number of ether oxygens (including phenoxy) is 1. The highest BCUT2D eigenvalue weighted by Gasteiger charge is 2.43. The lowest BCUT2D eigenvalue weighted by Crippen LogP contribution is -2.43. The summed E-state index contributed by atoms with van der Waals surface area (Å²) in [6, 6.07) is 4.07. The molecule has 8 heteroatoms. The van der Waals surface area contributed by atoms with Crippen LogP contribution in [0, 0.1) is 6.92 Å². The average Bonchev–Trinajstić information content (AvgIpc) is 3.12. The van der Waals surface area contributed by atoms with Gasteiger partial charge in [0.2, 0.25) is 0 Å². The van der Waals surface area contributed by atoms with Crippen LogP contribution in [0.2, 0.25) is 0 Å². The Labute approximate surface area is 170 Å². The van der Waals surface area contributed by atoms with Crippen molar-refractivity contribution >= 4 is 23.3 Å². The number of aromatic nitrogens is 3. The molecule has 0 aromatic carbocycles. The third-order valence-electron chi connectivity index (χ3n) is 6.34. The van der Waals surface area contributed by atoms with Crippen LogP contribution in [0.15, 0.2) is 12.1 Å². The van der Waals surface area contributed by atoms with Gasteiger partial charge in [-0.25, -0.2) is 9.78 Å². The van der Waals surface area contributed by atoms with Crippen LogP contribution < -0.4 is 10.2 Å². The van der Waals surface area contributed by atoms with E-state index in [4.69, 9.17) is 9.72 Å². The number of nitrogens with one attached hydrogen (secondary N) is 2. The number of hydrogen-bond acceptors (Lipinski definition) is 6. The largest absolute Gasteiger partial charge is 0.479 e. The van der Waals surface area contributed by atoms with Gasteiger partial charge in [0.1, 0.15) is 5.82 Å². The van der Waals surface area contributed by atoms with E-state index in [1.807, 2.05) is 13.0 Å². The molecule has 0 saturated heterocycles. The fourth-order valence-corrected chi connectivity index (χ4v) is 4.69. The minimum atomic E-state index is -1.06. The number of rotatable bonds is 5. The number of aliphatic carboxylic acids is 1.